The third kappa shape index (κ3) is 2.47. The first kappa shape index (κ1) is 14.0. The first-order valence-corrected chi connectivity index (χ1v) is 6.61. The summed E-state index contributed by atoms with van der Waals surface area (Å²) in [6, 6.07) is 14.0. The molecule has 0 N–H and O–H groups in total. The van der Waals surface area contributed by atoms with E-state index in [1.54, 1.807) is 6.07 Å². The van der Waals surface area contributed by atoms with Gasteiger partial charge in [-0.2, -0.15) is 10.4 Å². The number of nitriles is 1. The molecule has 22 heavy (non-hydrogen) atoms. The van der Waals surface area contributed by atoms with Crippen LogP contribution >= 0.6 is 0 Å². The molecule has 5 heteroatoms. The molecule has 1 heterocycles. The van der Waals surface area contributed by atoms with Crippen LogP contribution < -0.4 is 0 Å². The van der Waals surface area contributed by atoms with E-state index in [0.717, 1.165) is 23.8 Å². The van der Waals surface area contributed by atoms with Gasteiger partial charge in [-0.1, -0.05) is 12.1 Å². The summed E-state index contributed by atoms with van der Waals surface area (Å²) in [6.07, 6.45) is 0. The van der Waals surface area contributed by atoms with Crippen LogP contribution in [0.3, 0.4) is 0 Å². The van der Waals surface area contributed by atoms with Crippen molar-refractivity contribution in [3.8, 4) is 23.0 Å². The van der Waals surface area contributed by atoms with Gasteiger partial charge >= 0.3 is 0 Å². The third-order valence-corrected chi connectivity index (χ3v) is 3.27. The van der Waals surface area contributed by atoms with Crippen molar-refractivity contribution in [2.45, 2.75) is 6.92 Å². The molecule has 0 spiro atoms. The van der Waals surface area contributed by atoms with E-state index in [1.807, 2.05) is 31.2 Å². The van der Waals surface area contributed by atoms with E-state index in [9.17, 15) is 8.78 Å². The molecule has 0 radical (unpaired) electrons. The molecular weight excluding hydrogens is 284 g/mol. The van der Waals surface area contributed by atoms with Crippen molar-refractivity contribution in [2.24, 2.45) is 0 Å². The second-order valence-corrected chi connectivity index (χ2v) is 4.90. The standard InChI is InChI=1S/C17H11F2N3/c1-11-3-2-4-14(7-11)22-17(9-13(10-20)21-22)15-8-12(18)5-6-16(15)19/h2-9H,1H3. The maximum Gasteiger partial charge on any atom is 0.163 e. The minimum Gasteiger partial charge on any atom is -0.232 e. The Balaban J connectivity index is 2.26. The SMILES string of the molecule is Cc1cccc(-n2nc(C#N)cc2-c2cc(F)ccc2F)c1. The Bertz CT molecular complexity index is 891. The molecule has 0 amide bonds. The van der Waals surface area contributed by atoms with Crippen LogP contribution in [0.4, 0.5) is 8.78 Å². The van der Waals surface area contributed by atoms with Gasteiger partial charge in [0.2, 0.25) is 0 Å². The third-order valence-electron chi connectivity index (χ3n) is 3.27. The Morgan fingerprint density at radius 3 is 2.64 bits per heavy atom. The molecule has 3 aromatic rings. The fraction of sp³-hybridized carbons (Fsp3) is 0.0588. The molecule has 0 bridgehead atoms. The maximum atomic E-state index is 14.1. The number of aromatic nitrogens is 2. The smallest absolute Gasteiger partial charge is 0.163 e. The van der Waals surface area contributed by atoms with E-state index in [1.165, 1.54) is 10.7 Å². The zero-order valence-corrected chi connectivity index (χ0v) is 11.7. The van der Waals surface area contributed by atoms with Crippen molar-refractivity contribution in [2.75, 3.05) is 0 Å². The highest BCUT2D eigenvalue weighted by atomic mass is 19.1. The lowest BCUT2D eigenvalue weighted by molar-refractivity contribution is 0.602. The van der Waals surface area contributed by atoms with Crippen molar-refractivity contribution >= 4 is 0 Å². The number of hydrogen-bond acceptors (Lipinski definition) is 2. The van der Waals surface area contributed by atoms with Gasteiger partial charge in [-0.25, -0.2) is 13.5 Å². The van der Waals surface area contributed by atoms with Crippen LogP contribution in [0.2, 0.25) is 0 Å². The normalized spacial score (nSPS) is 10.5. The van der Waals surface area contributed by atoms with E-state index in [2.05, 4.69) is 5.10 Å². The van der Waals surface area contributed by atoms with E-state index >= 15 is 0 Å². The molecule has 0 atom stereocenters. The second kappa shape index (κ2) is 5.41. The average molecular weight is 295 g/mol. The van der Waals surface area contributed by atoms with Crippen LogP contribution in [-0.2, 0) is 0 Å². The van der Waals surface area contributed by atoms with Gasteiger partial charge in [-0.3, -0.25) is 0 Å². The molecule has 0 aliphatic carbocycles. The molecule has 2 aromatic carbocycles. The number of hydrogen-bond donors (Lipinski definition) is 0. The molecule has 0 fully saturated rings. The van der Waals surface area contributed by atoms with E-state index in [-0.39, 0.29) is 11.3 Å². The summed E-state index contributed by atoms with van der Waals surface area (Å²) in [6.45, 7) is 1.92. The summed E-state index contributed by atoms with van der Waals surface area (Å²) in [4.78, 5) is 0. The summed E-state index contributed by atoms with van der Waals surface area (Å²) in [5.41, 5.74) is 2.21. The van der Waals surface area contributed by atoms with Gasteiger partial charge in [0, 0.05) is 11.6 Å². The molecule has 0 saturated heterocycles. The fourth-order valence-corrected chi connectivity index (χ4v) is 2.28. The number of halogens is 2. The highest BCUT2D eigenvalue weighted by Crippen LogP contribution is 2.27. The van der Waals surface area contributed by atoms with Gasteiger partial charge < -0.3 is 0 Å². The zero-order valence-electron chi connectivity index (χ0n) is 11.7. The maximum absolute atomic E-state index is 14.1. The predicted molar refractivity (Wildman–Crippen MR) is 78.4 cm³/mol. The monoisotopic (exact) mass is 295 g/mol. The quantitative estimate of drug-likeness (QED) is 0.717. The predicted octanol–water partition coefficient (Wildman–Crippen LogP) is 4.00. The Kier molecular flexibility index (Phi) is 3.43. The lowest BCUT2D eigenvalue weighted by Crippen LogP contribution is -2.01. The van der Waals surface area contributed by atoms with Crippen molar-refractivity contribution in [3.63, 3.8) is 0 Å². The molecule has 0 aliphatic rings. The van der Waals surface area contributed by atoms with Gasteiger partial charge in [0.1, 0.15) is 17.7 Å². The highest BCUT2D eigenvalue weighted by Gasteiger charge is 2.16. The minimum absolute atomic E-state index is 0.0653. The molecule has 3 rings (SSSR count). The van der Waals surface area contributed by atoms with Crippen LogP contribution in [0.25, 0.3) is 16.9 Å². The Hall–Kier alpha value is -3.00. The number of aryl methyl sites for hydroxylation is 1. The topological polar surface area (TPSA) is 41.6 Å². The molecule has 0 aliphatic heterocycles. The first-order valence-electron chi connectivity index (χ1n) is 6.61. The molecule has 1 aromatic heterocycles. The van der Waals surface area contributed by atoms with Crippen molar-refractivity contribution in [1.29, 1.82) is 5.26 Å². The van der Waals surface area contributed by atoms with Crippen molar-refractivity contribution in [3.05, 3.63) is 71.4 Å². The Labute approximate surface area is 126 Å². The first-order chi connectivity index (χ1) is 10.6. The lowest BCUT2D eigenvalue weighted by atomic mass is 10.1. The van der Waals surface area contributed by atoms with E-state index < -0.39 is 11.6 Å². The average Bonchev–Trinajstić information content (AvgIpc) is 2.94. The largest absolute Gasteiger partial charge is 0.232 e. The summed E-state index contributed by atoms with van der Waals surface area (Å²) < 4.78 is 29.0. The van der Waals surface area contributed by atoms with Crippen molar-refractivity contribution in [1.82, 2.24) is 9.78 Å². The van der Waals surface area contributed by atoms with Gasteiger partial charge in [0.15, 0.2) is 5.69 Å². The van der Waals surface area contributed by atoms with Gasteiger partial charge in [-0.05, 0) is 42.8 Å². The summed E-state index contributed by atoms with van der Waals surface area (Å²) in [5.74, 6) is -1.12. The van der Waals surface area contributed by atoms with Crippen molar-refractivity contribution < 1.29 is 8.78 Å². The van der Waals surface area contributed by atoms with Crippen LogP contribution in [0, 0.1) is 29.9 Å². The number of nitrogens with zero attached hydrogens (tertiary/aromatic N) is 3. The number of benzene rings is 2. The van der Waals surface area contributed by atoms with Gasteiger partial charge in [0.05, 0.1) is 11.4 Å². The summed E-state index contributed by atoms with van der Waals surface area (Å²) >= 11 is 0. The van der Waals surface area contributed by atoms with Crippen LogP contribution in [0.1, 0.15) is 11.3 Å². The number of rotatable bonds is 2. The summed E-state index contributed by atoms with van der Waals surface area (Å²) in [7, 11) is 0. The summed E-state index contributed by atoms with van der Waals surface area (Å²) in [5, 5.41) is 13.2. The Morgan fingerprint density at radius 2 is 1.91 bits per heavy atom. The molecule has 0 saturated carbocycles. The van der Waals surface area contributed by atoms with Crippen LogP contribution in [0.15, 0.2) is 48.5 Å². The van der Waals surface area contributed by atoms with E-state index in [4.69, 9.17) is 5.26 Å². The van der Waals surface area contributed by atoms with Crippen LogP contribution in [-0.4, -0.2) is 9.78 Å². The fourth-order valence-electron chi connectivity index (χ4n) is 2.28. The molecule has 108 valence electrons. The van der Waals surface area contributed by atoms with Gasteiger partial charge in [0.25, 0.3) is 0 Å². The minimum atomic E-state index is -0.570. The van der Waals surface area contributed by atoms with Crippen LogP contribution in [0.5, 0.6) is 0 Å². The zero-order chi connectivity index (χ0) is 15.7. The highest BCUT2D eigenvalue weighted by molar-refractivity contribution is 5.64. The van der Waals surface area contributed by atoms with Gasteiger partial charge in [-0.15, -0.1) is 0 Å². The molecule has 0 unspecified atom stereocenters. The second-order valence-electron chi connectivity index (χ2n) is 4.90. The lowest BCUT2D eigenvalue weighted by Gasteiger charge is -2.09. The Morgan fingerprint density at radius 1 is 1.09 bits per heavy atom. The van der Waals surface area contributed by atoms with E-state index in [0.29, 0.717) is 11.4 Å². The molecule has 3 nitrogen and oxygen atoms in total. The molecular formula is C17H11F2N3.